The average molecular weight is 194 g/mol. The third-order valence-corrected chi connectivity index (χ3v) is 4.45. The summed E-state index contributed by atoms with van der Waals surface area (Å²) in [7, 11) is 0. The van der Waals surface area contributed by atoms with E-state index in [1.165, 1.54) is 13.3 Å². The Labute approximate surface area is 85.3 Å². The molecule has 2 nitrogen and oxygen atoms in total. The zero-order valence-electron chi connectivity index (χ0n) is 9.39. The molecule has 0 aromatic heterocycles. The molecule has 0 radical (unpaired) electrons. The summed E-state index contributed by atoms with van der Waals surface area (Å²) in [4.78, 5) is 11.0. The summed E-state index contributed by atoms with van der Waals surface area (Å²) in [6.07, 6.45) is 4.53. The van der Waals surface area contributed by atoms with Gasteiger partial charge in [0.15, 0.2) is 0 Å². The van der Waals surface area contributed by atoms with Crippen molar-refractivity contribution in [3.8, 4) is 0 Å². The number of fused-ring (bicyclic) bond motifs is 2. The van der Waals surface area contributed by atoms with E-state index >= 15 is 0 Å². The van der Waals surface area contributed by atoms with Crippen LogP contribution in [-0.4, -0.2) is 5.97 Å². The molecule has 1 fully saturated rings. The van der Waals surface area contributed by atoms with Crippen molar-refractivity contribution >= 4 is 5.97 Å². The predicted octanol–water partition coefficient (Wildman–Crippen LogP) is 2.89. The van der Waals surface area contributed by atoms with Gasteiger partial charge in [0.1, 0.15) is 5.76 Å². The van der Waals surface area contributed by atoms with Crippen molar-refractivity contribution in [1.82, 2.24) is 0 Å². The molecule has 14 heavy (non-hydrogen) atoms. The Balaban J connectivity index is 2.32. The summed E-state index contributed by atoms with van der Waals surface area (Å²) >= 11 is 0. The van der Waals surface area contributed by atoms with Crippen molar-refractivity contribution in [2.75, 3.05) is 0 Å². The van der Waals surface area contributed by atoms with Crippen LogP contribution in [0.25, 0.3) is 0 Å². The number of hydrogen-bond acceptors (Lipinski definition) is 2. The molecule has 0 unspecified atom stereocenters. The first kappa shape index (κ1) is 9.75. The zero-order chi connectivity index (χ0) is 10.6. The lowest BCUT2D eigenvalue weighted by Crippen LogP contribution is -2.31. The predicted molar refractivity (Wildman–Crippen MR) is 54.5 cm³/mol. The van der Waals surface area contributed by atoms with Crippen molar-refractivity contribution in [2.24, 2.45) is 16.7 Å². The number of ether oxygens (including phenoxy) is 1. The first-order valence-corrected chi connectivity index (χ1v) is 5.28. The maximum absolute atomic E-state index is 11.0. The molecule has 1 saturated carbocycles. The lowest BCUT2D eigenvalue weighted by atomic mass is 9.70. The maximum Gasteiger partial charge on any atom is 0.307 e. The normalized spacial score (nSPS) is 38.3. The van der Waals surface area contributed by atoms with Gasteiger partial charge in [-0.05, 0) is 30.3 Å². The minimum absolute atomic E-state index is 0.0728. The molecule has 0 heterocycles. The van der Waals surface area contributed by atoms with E-state index in [9.17, 15) is 4.79 Å². The van der Waals surface area contributed by atoms with E-state index < -0.39 is 0 Å². The fourth-order valence-electron chi connectivity index (χ4n) is 2.94. The molecule has 0 N–H and O–H groups in total. The Morgan fingerprint density at radius 1 is 1.50 bits per heavy atom. The molecule has 0 amide bonds. The van der Waals surface area contributed by atoms with Gasteiger partial charge in [-0.25, -0.2) is 0 Å². The van der Waals surface area contributed by atoms with E-state index in [1.54, 1.807) is 0 Å². The van der Waals surface area contributed by atoms with Gasteiger partial charge in [0, 0.05) is 12.3 Å². The van der Waals surface area contributed by atoms with Gasteiger partial charge in [0.25, 0.3) is 0 Å². The van der Waals surface area contributed by atoms with Crippen LogP contribution >= 0.6 is 0 Å². The van der Waals surface area contributed by atoms with Gasteiger partial charge in [0.05, 0.1) is 0 Å². The second kappa shape index (κ2) is 2.62. The molecule has 0 spiro atoms. The van der Waals surface area contributed by atoms with E-state index in [0.29, 0.717) is 5.92 Å². The Morgan fingerprint density at radius 3 is 2.50 bits per heavy atom. The molecule has 78 valence electrons. The monoisotopic (exact) mass is 194 g/mol. The van der Waals surface area contributed by atoms with Crippen LogP contribution in [0.4, 0.5) is 0 Å². The highest BCUT2D eigenvalue weighted by Gasteiger charge is 2.58. The molecular formula is C12H18O2. The highest BCUT2D eigenvalue weighted by molar-refractivity contribution is 5.67. The van der Waals surface area contributed by atoms with Gasteiger partial charge >= 0.3 is 5.97 Å². The number of carbonyl (C=O) groups is 1. The van der Waals surface area contributed by atoms with Crippen molar-refractivity contribution in [2.45, 2.75) is 40.5 Å². The van der Waals surface area contributed by atoms with Gasteiger partial charge in [-0.2, -0.15) is 0 Å². The summed E-state index contributed by atoms with van der Waals surface area (Å²) in [5, 5.41) is 0. The van der Waals surface area contributed by atoms with Crippen molar-refractivity contribution in [3.63, 3.8) is 0 Å². The maximum atomic E-state index is 11.0. The first-order chi connectivity index (χ1) is 6.38. The molecule has 0 aliphatic heterocycles. The van der Waals surface area contributed by atoms with Gasteiger partial charge < -0.3 is 4.74 Å². The molecule has 2 rings (SSSR count). The molecule has 2 bridgehead atoms. The second-order valence-electron chi connectivity index (χ2n) is 5.32. The van der Waals surface area contributed by atoms with Crippen LogP contribution in [0.1, 0.15) is 40.5 Å². The largest absolute Gasteiger partial charge is 0.431 e. The Kier molecular flexibility index (Phi) is 1.82. The zero-order valence-corrected chi connectivity index (χ0v) is 9.39. The van der Waals surface area contributed by atoms with Crippen molar-refractivity contribution in [1.29, 1.82) is 0 Å². The summed E-state index contributed by atoms with van der Waals surface area (Å²) < 4.78 is 5.31. The SMILES string of the molecule is CC(=O)OC1=C[C@H]2CC[C@]1(C)C2(C)C. The minimum Gasteiger partial charge on any atom is -0.431 e. The highest BCUT2D eigenvalue weighted by atomic mass is 16.5. The second-order valence-corrected chi connectivity index (χ2v) is 5.32. The smallest absolute Gasteiger partial charge is 0.307 e. The highest BCUT2D eigenvalue weighted by Crippen LogP contribution is 2.65. The molecule has 2 aliphatic carbocycles. The standard InChI is InChI=1S/C12H18O2/c1-8(13)14-10-7-9-5-6-12(10,4)11(9,2)3/h7,9H,5-6H2,1-4H3/t9-,12+/m1/s1. The van der Waals surface area contributed by atoms with Gasteiger partial charge in [0.2, 0.25) is 0 Å². The summed E-state index contributed by atoms with van der Waals surface area (Å²) in [6, 6.07) is 0. The van der Waals surface area contributed by atoms with E-state index in [4.69, 9.17) is 4.74 Å². The fourth-order valence-corrected chi connectivity index (χ4v) is 2.94. The lowest BCUT2D eigenvalue weighted by molar-refractivity contribution is -0.139. The van der Waals surface area contributed by atoms with E-state index in [2.05, 4.69) is 26.8 Å². The molecule has 0 aromatic carbocycles. The minimum atomic E-state index is -0.194. The van der Waals surface area contributed by atoms with Crippen LogP contribution in [-0.2, 0) is 9.53 Å². The van der Waals surface area contributed by atoms with Crippen LogP contribution in [0.15, 0.2) is 11.8 Å². The summed E-state index contributed by atoms with van der Waals surface area (Å²) in [5.41, 5.74) is 0.321. The topological polar surface area (TPSA) is 26.3 Å². The third-order valence-electron chi connectivity index (χ3n) is 4.45. The molecule has 0 saturated heterocycles. The number of esters is 1. The number of rotatable bonds is 1. The fraction of sp³-hybridized carbons (Fsp3) is 0.750. The average Bonchev–Trinajstić information content (AvgIpc) is 2.35. The van der Waals surface area contributed by atoms with E-state index in [0.717, 1.165) is 12.2 Å². The van der Waals surface area contributed by atoms with Gasteiger partial charge in [-0.15, -0.1) is 0 Å². The van der Waals surface area contributed by atoms with Gasteiger partial charge in [-0.1, -0.05) is 20.8 Å². The quantitative estimate of drug-likeness (QED) is 0.600. The number of carbonyl (C=O) groups excluding carboxylic acids is 1. The molecular weight excluding hydrogens is 176 g/mol. The molecule has 2 aliphatic rings. The number of allylic oxidation sites excluding steroid dienone is 2. The van der Waals surface area contributed by atoms with Gasteiger partial charge in [-0.3, -0.25) is 4.79 Å². The van der Waals surface area contributed by atoms with Crippen LogP contribution in [0.5, 0.6) is 0 Å². The molecule has 2 heteroatoms. The Morgan fingerprint density at radius 2 is 2.14 bits per heavy atom. The third kappa shape index (κ3) is 0.999. The Bertz CT molecular complexity index is 314. The number of hydrogen-bond donors (Lipinski definition) is 0. The summed E-state index contributed by atoms with van der Waals surface area (Å²) in [6.45, 7) is 8.24. The van der Waals surface area contributed by atoms with Crippen molar-refractivity contribution < 1.29 is 9.53 Å². The van der Waals surface area contributed by atoms with E-state index in [1.807, 2.05) is 0 Å². The van der Waals surface area contributed by atoms with Crippen LogP contribution in [0, 0.1) is 16.7 Å². The van der Waals surface area contributed by atoms with Crippen molar-refractivity contribution in [3.05, 3.63) is 11.8 Å². The van der Waals surface area contributed by atoms with Crippen LogP contribution in [0.3, 0.4) is 0 Å². The summed E-state index contributed by atoms with van der Waals surface area (Å²) in [5.74, 6) is 1.30. The van der Waals surface area contributed by atoms with Crippen LogP contribution < -0.4 is 0 Å². The first-order valence-electron chi connectivity index (χ1n) is 5.28. The molecule has 2 atom stereocenters. The van der Waals surface area contributed by atoms with E-state index in [-0.39, 0.29) is 16.8 Å². The molecule has 0 aromatic rings. The lowest BCUT2D eigenvalue weighted by Gasteiger charge is -2.36. The van der Waals surface area contributed by atoms with Crippen LogP contribution in [0.2, 0.25) is 0 Å². The Hall–Kier alpha value is -0.790.